The lowest BCUT2D eigenvalue weighted by molar-refractivity contribution is 0.570. The molecule has 112 valence electrons. The van der Waals surface area contributed by atoms with E-state index >= 15 is 0 Å². The number of sulfonamides is 1. The number of benzene rings is 1. The molecule has 2 atom stereocenters. The maximum Gasteiger partial charge on any atom is 0.240 e. The summed E-state index contributed by atoms with van der Waals surface area (Å²) >= 11 is 0. The van der Waals surface area contributed by atoms with E-state index in [0.29, 0.717) is 0 Å². The second kappa shape index (κ2) is 6.11. The molecule has 1 aliphatic rings. The van der Waals surface area contributed by atoms with Gasteiger partial charge in [-0.25, -0.2) is 13.1 Å². The van der Waals surface area contributed by atoms with Gasteiger partial charge < -0.3 is 11.1 Å². The van der Waals surface area contributed by atoms with Crippen molar-refractivity contribution in [1.82, 2.24) is 4.72 Å². The number of nitrogens with two attached hydrogens (primary N) is 1. The van der Waals surface area contributed by atoms with E-state index < -0.39 is 10.0 Å². The Balaban J connectivity index is 2.06. The van der Waals surface area contributed by atoms with Gasteiger partial charge in [0.2, 0.25) is 10.0 Å². The molecule has 0 spiro atoms. The molecule has 2 rings (SSSR count). The highest BCUT2D eigenvalue weighted by atomic mass is 32.2. The highest BCUT2D eigenvalue weighted by molar-refractivity contribution is 7.89. The standard InChI is InChI=1S/C14H23N3O2S/c1-10(2)17-20(18,19)12-8-6-11(7-9-12)16-14-5-3-4-13(14)15/h6-10,13-14,16-17H,3-5,15H2,1-2H3. The molecule has 0 aliphatic heterocycles. The van der Waals surface area contributed by atoms with Crippen LogP contribution in [0, 0.1) is 0 Å². The van der Waals surface area contributed by atoms with E-state index in [9.17, 15) is 8.42 Å². The lowest BCUT2D eigenvalue weighted by Crippen LogP contribution is -2.35. The van der Waals surface area contributed by atoms with E-state index in [2.05, 4.69) is 10.0 Å². The Labute approximate surface area is 121 Å². The van der Waals surface area contributed by atoms with E-state index in [0.717, 1.165) is 24.9 Å². The van der Waals surface area contributed by atoms with Gasteiger partial charge >= 0.3 is 0 Å². The Morgan fingerprint density at radius 2 is 1.85 bits per heavy atom. The first-order chi connectivity index (χ1) is 9.38. The SMILES string of the molecule is CC(C)NS(=O)(=O)c1ccc(NC2CCCC2N)cc1. The Morgan fingerprint density at radius 3 is 2.35 bits per heavy atom. The number of hydrogen-bond acceptors (Lipinski definition) is 4. The average molecular weight is 297 g/mol. The average Bonchev–Trinajstić information content (AvgIpc) is 2.74. The van der Waals surface area contributed by atoms with Crippen LogP contribution in [0.25, 0.3) is 0 Å². The number of rotatable bonds is 5. The summed E-state index contributed by atoms with van der Waals surface area (Å²) in [4.78, 5) is 0.285. The van der Waals surface area contributed by atoms with Crippen LogP contribution in [0.3, 0.4) is 0 Å². The van der Waals surface area contributed by atoms with Crippen LogP contribution in [-0.2, 0) is 10.0 Å². The number of anilines is 1. The summed E-state index contributed by atoms with van der Waals surface area (Å²) in [6.45, 7) is 3.60. The van der Waals surface area contributed by atoms with Gasteiger partial charge in [-0.05, 0) is 57.4 Å². The van der Waals surface area contributed by atoms with Crippen molar-refractivity contribution in [3.8, 4) is 0 Å². The molecule has 1 aliphatic carbocycles. The topological polar surface area (TPSA) is 84.2 Å². The Bertz CT molecular complexity index is 540. The minimum atomic E-state index is -3.42. The fourth-order valence-corrected chi connectivity index (χ4v) is 3.74. The zero-order valence-corrected chi connectivity index (χ0v) is 12.8. The monoisotopic (exact) mass is 297 g/mol. The van der Waals surface area contributed by atoms with Gasteiger partial charge in [-0.1, -0.05) is 0 Å². The van der Waals surface area contributed by atoms with E-state index in [1.54, 1.807) is 38.1 Å². The van der Waals surface area contributed by atoms with Crippen LogP contribution < -0.4 is 15.8 Å². The lowest BCUT2D eigenvalue weighted by atomic mass is 10.2. The first-order valence-corrected chi connectivity index (χ1v) is 8.51. The molecule has 0 amide bonds. The Kier molecular flexibility index (Phi) is 4.67. The molecule has 1 fully saturated rings. The third kappa shape index (κ3) is 3.71. The van der Waals surface area contributed by atoms with Gasteiger partial charge in [0.05, 0.1) is 4.90 Å². The molecular formula is C14H23N3O2S. The minimum absolute atomic E-state index is 0.116. The predicted molar refractivity (Wildman–Crippen MR) is 81.1 cm³/mol. The van der Waals surface area contributed by atoms with Crippen LogP contribution in [0.1, 0.15) is 33.1 Å². The van der Waals surface area contributed by atoms with Crippen molar-refractivity contribution < 1.29 is 8.42 Å². The van der Waals surface area contributed by atoms with Gasteiger partial charge in [0.1, 0.15) is 0 Å². The molecule has 0 heterocycles. The molecule has 0 saturated heterocycles. The van der Waals surface area contributed by atoms with Crippen LogP contribution in [0.5, 0.6) is 0 Å². The normalized spacial score (nSPS) is 23.2. The summed E-state index contributed by atoms with van der Waals surface area (Å²) < 4.78 is 26.6. The van der Waals surface area contributed by atoms with Crippen LogP contribution >= 0.6 is 0 Å². The highest BCUT2D eigenvalue weighted by Crippen LogP contribution is 2.22. The molecule has 0 radical (unpaired) electrons. The fraction of sp³-hybridized carbons (Fsp3) is 0.571. The van der Waals surface area contributed by atoms with Crippen molar-refractivity contribution in [2.75, 3.05) is 5.32 Å². The van der Waals surface area contributed by atoms with Crippen molar-refractivity contribution in [2.45, 2.75) is 56.1 Å². The van der Waals surface area contributed by atoms with Gasteiger partial charge in [-0.3, -0.25) is 0 Å². The van der Waals surface area contributed by atoms with E-state index in [1.165, 1.54) is 0 Å². The van der Waals surface area contributed by atoms with Gasteiger partial charge in [0.25, 0.3) is 0 Å². The smallest absolute Gasteiger partial charge is 0.240 e. The number of nitrogens with one attached hydrogen (secondary N) is 2. The molecule has 2 unspecified atom stereocenters. The van der Waals surface area contributed by atoms with Crippen LogP contribution in [-0.4, -0.2) is 26.5 Å². The van der Waals surface area contributed by atoms with E-state index in [1.807, 2.05) is 0 Å². The van der Waals surface area contributed by atoms with Crippen LogP contribution in [0.4, 0.5) is 5.69 Å². The summed E-state index contributed by atoms with van der Waals surface area (Å²) in [5.74, 6) is 0. The zero-order valence-electron chi connectivity index (χ0n) is 12.0. The molecule has 20 heavy (non-hydrogen) atoms. The molecule has 0 aromatic heterocycles. The van der Waals surface area contributed by atoms with E-state index in [4.69, 9.17) is 5.73 Å². The zero-order chi connectivity index (χ0) is 14.8. The molecule has 5 nitrogen and oxygen atoms in total. The second-order valence-electron chi connectivity index (χ2n) is 5.65. The quantitative estimate of drug-likeness (QED) is 0.772. The second-order valence-corrected chi connectivity index (χ2v) is 7.36. The van der Waals surface area contributed by atoms with Gasteiger partial charge in [0.15, 0.2) is 0 Å². The highest BCUT2D eigenvalue weighted by Gasteiger charge is 2.23. The van der Waals surface area contributed by atoms with Crippen molar-refractivity contribution in [3.63, 3.8) is 0 Å². The predicted octanol–water partition coefficient (Wildman–Crippen LogP) is 1.67. The first kappa shape index (κ1) is 15.3. The lowest BCUT2D eigenvalue weighted by Gasteiger charge is -2.18. The van der Waals surface area contributed by atoms with E-state index in [-0.39, 0.29) is 23.0 Å². The number of hydrogen-bond donors (Lipinski definition) is 3. The first-order valence-electron chi connectivity index (χ1n) is 7.03. The van der Waals surface area contributed by atoms with Crippen LogP contribution in [0.15, 0.2) is 29.2 Å². The van der Waals surface area contributed by atoms with Crippen molar-refractivity contribution in [3.05, 3.63) is 24.3 Å². The molecular weight excluding hydrogens is 274 g/mol. The molecule has 1 aromatic carbocycles. The molecule has 4 N–H and O–H groups in total. The summed E-state index contributed by atoms with van der Waals surface area (Å²) in [6, 6.07) is 7.17. The molecule has 6 heteroatoms. The Hall–Kier alpha value is -1.11. The summed E-state index contributed by atoms with van der Waals surface area (Å²) in [5, 5.41) is 3.37. The minimum Gasteiger partial charge on any atom is -0.381 e. The van der Waals surface area contributed by atoms with Gasteiger partial charge in [-0.15, -0.1) is 0 Å². The van der Waals surface area contributed by atoms with Crippen molar-refractivity contribution in [1.29, 1.82) is 0 Å². The van der Waals surface area contributed by atoms with Crippen molar-refractivity contribution in [2.24, 2.45) is 5.73 Å². The Morgan fingerprint density at radius 1 is 1.20 bits per heavy atom. The summed E-state index contributed by atoms with van der Waals surface area (Å²) in [5.41, 5.74) is 6.93. The maximum atomic E-state index is 12.0. The molecule has 0 bridgehead atoms. The summed E-state index contributed by atoms with van der Waals surface area (Å²) in [7, 11) is -3.42. The molecule has 1 aromatic rings. The third-order valence-corrected chi connectivity index (χ3v) is 5.15. The fourth-order valence-electron chi connectivity index (χ4n) is 2.49. The third-order valence-electron chi connectivity index (χ3n) is 3.48. The van der Waals surface area contributed by atoms with Crippen molar-refractivity contribution >= 4 is 15.7 Å². The van der Waals surface area contributed by atoms with Gasteiger partial charge in [0, 0.05) is 23.8 Å². The van der Waals surface area contributed by atoms with Gasteiger partial charge in [-0.2, -0.15) is 0 Å². The summed E-state index contributed by atoms with van der Waals surface area (Å²) in [6.07, 6.45) is 3.25. The largest absolute Gasteiger partial charge is 0.381 e. The van der Waals surface area contributed by atoms with Crippen LogP contribution in [0.2, 0.25) is 0 Å². The maximum absolute atomic E-state index is 12.0. The molecule has 1 saturated carbocycles.